The highest BCUT2D eigenvalue weighted by Crippen LogP contribution is 2.45. The summed E-state index contributed by atoms with van der Waals surface area (Å²) in [7, 11) is 0. The molecule has 0 aliphatic heterocycles. The fraction of sp³-hybridized carbons (Fsp3) is 0. The minimum absolute atomic E-state index is 1.15. The van der Waals surface area contributed by atoms with Gasteiger partial charge in [-0.2, -0.15) is 0 Å². The number of rotatable bonds is 5. The van der Waals surface area contributed by atoms with Crippen molar-refractivity contribution in [2.45, 2.75) is 0 Å². The molecule has 0 bridgehead atoms. The quantitative estimate of drug-likeness (QED) is 0.168. The fourth-order valence-corrected chi connectivity index (χ4v) is 9.46. The van der Waals surface area contributed by atoms with Crippen LogP contribution in [0.4, 0.5) is 0 Å². The molecule has 0 atom stereocenters. The lowest BCUT2D eigenvalue weighted by molar-refractivity contribution is 1.17. The number of nitrogens with zero attached hydrogens (tertiary/aromatic N) is 3. The second-order valence-electron chi connectivity index (χ2n) is 14.9. The maximum Gasteiger partial charge on any atom is 0.0641 e. The van der Waals surface area contributed by atoms with Crippen molar-refractivity contribution in [2.75, 3.05) is 0 Å². The van der Waals surface area contributed by atoms with E-state index in [0.29, 0.717) is 0 Å². The van der Waals surface area contributed by atoms with Crippen LogP contribution in [0.5, 0.6) is 0 Å². The molecule has 9 aromatic carbocycles. The number of hydrogen-bond acceptors (Lipinski definition) is 0. The average Bonchev–Trinajstić information content (AvgIpc) is 3.92. The van der Waals surface area contributed by atoms with E-state index in [0.717, 1.165) is 11.4 Å². The predicted octanol–water partition coefficient (Wildman–Crippen LogP) is 14.3. The van der Waals surface area contributed by atoms with E-state index < -0.39 is 0 Å². The van der Waals surface area contributed by atoms with E-state index in [2.05, 4.69) is 226 Å². The Balaban J connectivity index is 1.15. The van der Waals surface area contributed by atoms with E-state index in [1.807, 2.05) is 0 Å². The largest absolute Gasteiger partial charge is 0.309 e. The Morgan fingerprint density at radius 2 is 0.754 bits per heavy atom. The zero-order valence-electron chi connectivity index (χ0n) is 31.0. The van der Waals surface area contributed by atoms with Crippen LogP contribution in [0.3, 0.4) is 0 Å². The zero-order chi connectivity index (χ0) is 37.5. The molecular weight excluding hydrogens is 691 g/mol. The highest BCUT2D eigenvalue weighted by atomic mass is 15.0. The van der Waals surface area contributed by atoms with Crippen LogP contribution in [-0.2, 0) is 0 Å². The van der Waals surface area contributed by atoms with Gasteiger partial charge in [0.05, 0.1) is 44.5 Å². The number of para-hydroxylation sites is 6. The van der Waals surface area contributed by atoms with Crippen LogP contribution in [0.15, 0.2) is 212 Å². The Morgan fingerprint density at radius 3 is 1.47 bits per heavy atom. The highest BCUT2D eigenvalue weighted by molar-refractivity contribution is 6.26. The summed E-state index contributed by atoms with van der Waals surface area (Å²) >= 11 is 0. The summed E-state index contributed by atoms with van der Waals surface area (Å²) in [6.45, 7) is 0. The third-order valence-corrected chi connectivity index (χ3v) is 11.8. The van der Waals surface area contributed by atoms with Crippen LogP contribution in [-0.4, -0.2) is 13.7 Å². The molecule has 0 saturated carbocycles. The van der Waals surface area contributed by atoms with Gasteiger partial charge in [0.15, 0.2) is 0 Å². The summed E-state index contributed by atoms with van der Waals surface area (Å²) in [4.78, 5) is 0. The van der Waals surface area contributed by atoms with Gasteiger partial charge in [-0.15, -0.1) is 0 Å². The first-order valence-electron chi connectivity index (χ1n) is 19.6. The van der Waals surface area contributed by atoms with Crippen LogP contribution in [0, 0.1) is 0 Å². The number of fused-ring (bicyclic) bond motifs is 10. The van der Waals surface area contributed by atoms with Crippen LogP contribution >= 0.6 is 0 Å². The Kier molecular flexibility index (Phi) is 6.93. The summed E-state index contributed by atoms with van der Waals surface area (Å²) in [6, 6.07) is 77.4. The summed E-state index contributed by atoms with van der Waals surface area (Å²) in [5.41, 5.74) is 15.5. The van der Waals surface area contributed by atoms with E-state index in [1.54, 1.807) is 0 Å². The van der Waals surface area contributed by atoms with Crippen molar-refractivity contribution in [1.29, 1.82) is 0 Å². The molecule has 0 N–H and O–H groups in total. The molecule has 0 saturated heterocycles. The first-order valence-corrected chi connectivity index (χ1v) is 19.6. The normalized spacial score (nSPS) is 11.9. The smallest absolute Gasteiger partial charge is 0.0641 e. The molecule has 3 aromatic heterocycles. The summed E-state index contributed by atoms with van der Waals surface area (Å²) in [6.07, 6.45) is 0. The SMILES string of the molecule is c1ccc(-c2ccccc2-n2c3ccccc3c3ccc4c(c5ccccc5n4-c4ccccc4-c4ccc5c(c4)c4ccccc4n5-c4ccccc4)c32)cc1. The molecule has 266 valence electrons. The van der Waals surface area contributed by atoms with Crippen LogP contribution in [0.2, 0.25) is 0 Å². The predicted molar refractivity (Wildman–Crippen MR) is 240 cm³/mol. The molecule has 57 heavy (non-hydrogen) atoms. The van der Waals surface area contributed by atoms with Gasteiger partial charge < -0.3 is 13.7 Å². The van der Waals surface area contributed by atoms with Crippen molar-refractivity contribution >= 4 is 65.4 Å². The highest BCUT2D eigenvalue weighted by Gasteiger charge is 2.23. The van der Waals surface area contributed by atoms with E-state index in [-0.39, 0.29) is 0 Å². The van der Waals surface area contributed by atoms with Crippen molar-refractivity contribution < 1.29 is 0 Å². The zero-order valence-corrected chi connectivity index (χ0v) is 31.0. The average molecular weight is 726 g/mol. The van der Waals surface area contributed by atoms with Gasteiger partial charge in [0.2, 0.25) is 0 Å². The third kappa shape index (κ3) is 4.66. The first-order chi connectivity index (χ1) is 28.3. The second-order valence-corrected chi connectivity index (χ2v) is 14.9. The molecule has 0 unspecified atom stereocenters. The monoisotopic (exact) mass is 725 g/mol. The standard InChI is InChI=1S/C54H35N3/c1-3-17-36(18-4-1)39-21-7-13-27-47(39)57-49-29-15-9-23-41(49)43-32-34-52-53(54(43)57)44-25-11-16-30-50(44)56(52)46-26-12-8-22-40(46)37-31-33-51-45(35-37)42-24-10-14-28-48(42)55(51)38-19-5-2-6-20-38/h1-35H. The van der Waals surface area contributed by atoms with Gasteiger partial charge >= 0.3 is 0 Å². The van der Waals surface area contributed by atoms with Gasteiger partial charge in [0, 0.05) is 49.1 Å². The molecule has 12 aromatic rings. The minimum atomic E-state index is 1.15. The molecule has 0 radical (unpaired) electrons. The Bertz CT molecular complexity index is 3510. The maximum absolute atomic E-state index is 2.51. The Morgan fingerprint density at radius 1 is 0.263 bits per heavy atom. The number of hydrogen-bond donors (Lipinski definition) is 0. The van der Waals surface area contributed by atoms with Gasteiger partial charge in [-0.3, -0.25) is 0 Å². The number of aromatic nitrogens is 3. The Labute approximate surface area is 329 Å². The lowest BCUT2D eigenvalue weighted by atomic mass is 10.0. The maximum atomic E-state index is 2.51. The molecule has 12 rings (SSSR count). The topological polar surface area (TPSA) is 14.8 Å². The van der Waals surface area contributed by atoms with E-state index in [1.165, 1.54) is 93.4 Å². The second kappa shape index (κ2) is 12.5. The van der Waals surface area contributed by atoms with E-state index in [9.17, 15) is 0 Å². The van der Waals surface area contributed by atoms with Crippen LogP contribution < -0.4 is 0 Å². The van der Waals surface area contributed by atoms with Gasteiger partial charge in [-0.25, -0.2) is 0 Å². The molecule has 3 nitrogen and oxygen atoms in total. The molecule has 0 aliphatic carbocycles. The fourth-order valence-electron chi connectivity index (χ4n) is 9.46. The molecule has 0 aliphatic rings. The van der Waals surface area contributed by atoms with Crippen LogP contribution in [0.1, 0.15) is 0 Å². The van der Waals surface area contributed by atoms with Gasteiger partial charge in [-0.1, -0.05) is 152 Å². The Hall–Kier alpha value is -7.62. The lowest BCUT2D eigenvalue weighted by Crippen LogP contribution is -1.98. The molecule has 0 amide bonds. The van der Waals surface area contributed by atoms with Crippen molar-refractivity contribution in [3.05, 3.63) is 212 Å². The summed E-state index contributed by atoms with van der Waals surface area (Å²) < 4.78 is 7.38. The molecule has 3 heterocycles. The van der Waals surface area contributed by atoms with Gasteiger partial charge in [-0.05, 0) is 71.8 Å². The van der Waals surface area contributed by atoms with Gasteiger partial charge in [0.25, 0.3) is 0 Å². The summed E-state index contributed by atoms with van der Waals surface area (Å²) in [5.74, 6) is 0. The first kappa shape index (κ1) is 31.7. The van der Waals surface area contributed by atoms with Crippen molar-refractivity contribution in [2.24, 2.45) is 0 Å². The molecular formula is C54H35N3. The van der Waals surface area contributed by atoms with E-state index >= 15 is 0 Å². The summed E-state index contributed by atoms with van der Waals surface area (Å²) in [5, 5.41) is 7.47. The molecule has 0 spiro atoms. The van der Waals surface area contributed by atoms with Crippen LogP contribution in [0.25, 0.3) is 105 Å². The van der Waals surface area contributed by atoms with Crippen molar-refractivity contribution in [3.8, 4) is 39.3 Å². The molecule has 0 fully saturated rings. The minimum Gasteiger partial charge on any atom is -0.309 e. The van der Waals surface area contributed by atoms with E-state index in [4.69, 9.17) is 0 Å². The molecule has 3 heteroatoms. The third-order valence-electron chi connectivity index (χ3n) is 11.8. The van der Waals surface area contributed by atoms with Gasteiger partial charge in [0.1, 0.15) is 0 Å². The van der Waals surface area contributed by atoms with Crippen molar-refractivity contribution in [3.63, 3.8) is 0 Å². The lowest BCUT2D eigenvalue weighted by Gasteiger charge is -2.15. The number of benzene rings is 9. The van der Waals surface area contributed by atoms with Crippen molar-refractivity contribution in [1.82, 2.24) is 13.7 Å².